The highest BCUT2D eigenvalue weighted by atomic mass is 19.1. The number of nitrogens with zero attached hydrogens (tertiary/aromatic N) is 6. The van der Waals surface area contributed by atoms with E-state index in [0.717, 1.165) is 32.0 Å². The quantitative estimate of drug-likeness (QED) is 0.774. The van der Waals surface area contributed by atoms with Gasteiger partial charge in [-0.15, -0.1) is 5.10 Å². The number of halogens is 1. The Bertz CT molecular complexity index is 866. The standard InChI is InChI=1S/C18H18FN7/c19-14-4-3-5-15(12-14)22-16-13-21-24-18(23-16)26-10-8-25(9-11-26)17-6-1-2-7-20-17/h1-7,12-13H,8-11H2,(H,22,23,24). The first kappa shape index (κ1) is 16.2. The van der Waals surface area contributed by atoms with Gasteiger partial charge in [0.05, 0.1) is 6.20 Å². The first-order valence-corrected chi connectivity index (χ1v) is 8.41. The van der Waals surface area contributed by atoms with Gasteiger partial charge in [-0.05, 0) is 30.3 Å². The van der Waals surface area contributed by atoms with E-state index in [1.807, 2.05) is 18.2 Å². The number of rotatable bonds is 4. The lowest BCUT2D eigenvalue weighted by atomic mass is 10.3. The number of nitrogens with one attached hydrogen (secondary N) is 1. The van der Waals surface area contributed by atoms with Crippen LogP contribution in [0.3, 0.4) is 0 Å². The van der Waals surface area contributed by atoms with Crippen molar-refractivity contribution < 1.29 is 4.39 Å². The van der Waals surface area contributed by atoms with E-state index < -0.39 is 0 Å². The molecule has 0 atom stereocenters. The maximum absolute atomic E-state index is 13.3. The number of anilines is 4. The topological polar surface area (TPSA) is 70.1 Å². The Morgan fingerprint density at radius 3 is 2.58 bits per heavy atom. The molecule has 1 aliphatic rings. The maximum Gasteiger partial charge on any atom is 0.247 e. The molecular formula is C18H18FN7. The van der Waals surface area contributed by atoms with Crippen molar-refractivity contribution in [3.63, 3.8) is 0 Å². The Morgan fingerprint density at radius 2 is 1.81 bits per heavy atom. The molecule has 8 heteroatoms. The SMILES string of the molecule is Fc1cccc(Nc2cnnc(N3CCN(c4ccccn4)CC3)n2)c1. The van der Waals surface area contributed by atoms with Crippen molar-refractivity contribution in [3.8, 4) is 0 Å². The second-order valence-corrected chi connectivity index (χ2v) is 5.94. The molecule has 3 aromatic rings. The van der Waals surface area contributed by atoms with E-state index in [-0.39, 0.29) is 5.82 Å². The Balaban J connectivity index is 1.43. The molecule has 1 N–H and O–H groups in total. The molecule has 0 bridgehead atoms. The average molecular weight is 351 g/mol. The summed E-state index contributed by atoms with van der Waals surface area (Å²) in [7, 11) is 0. The van der Waals surface area contributed by atoms with Gasteiger partial charge in [0.1, 0.15) is 11.6 Å². The molecule has 0 aliphatic carbocycles. The monoisotopic (exact) mass is 351 g/mol. The largest absolute Gasteiger partial charge is 0.353 e. The lowest BCUT2D eigenvalue weighted by molar-refractivity contribution is 0.628. The molecule has 1 fully saturated rings. The smallest absolute Gasteiger partial charge is 0.247 e. The van der Waals surface area contributed by atoms with Crippen LogP contribution in [-0.4, -0.2) is 46.3 Å². The Labute approximate surface area is 150 Å². The lowest BCUT2D eigenvalue weighted by Gasteiger charge is -2.35. The second kappa shape index (κ2) is 7.30. The highest BCUT2D eigenvalue weighted by Gasteiger charge is 2.20. The van der Waals surface area contributed by atoms with Crippen molar-refractivity contribution >= 4 is 23.3 Å². The number of hydrogen-bond donors (Lipinski definition) is 1. The molecule has 2 aromatic heterocycles. The summed E-state index contributed by atoms with van der Waals surface area (Å²) in [6.45, 7) is 3.23. The fourth-order valence-corrected chi connectivity index (χ4v) is 2.88. The first-order chi connectivity index (χ1) is 12.8. The Kier molecular flexibility index (Phi) is 4.55. The van der Waals surface area contributed by atoms with Gasteiger partial charge in [0, 0.05) is 38.1 Å². The molecule has 26 heavy (non-hydrogen) atoms. The molecule has 132 valence electrons. The Morgan fingerprint density at radius 1 is 0.962 bits per heavy atom. The van der Waals surface area contributed by atoms with E-state index >= 15 is 0 Å². The third-order valence-corrected chi connectivity index (χ3v) is 4.18. The van der Waals surface area contributed by atoms with Crippen molar-refractivity contribution in [2.45, 2.75) is 0 Å². The van der Waals surface area contributed by atoms with Crippen LogP contribution in [0.5, 0.6) is 0 Å². The first-order valence-electron chi connectivity index (χ1n) is 8.41. The molecule has 3 heterocycles. The van der Waals surface area contributed by atoms with Crippen molar-refractivity contribution in [1.29, 1.82) is 0 Å². The summed E-state index contributed by atoms with van der Waals surface area (Å²) in [5, 5.41) is 11.2. The van der Waals surface area contributed by atoms with E-state index in [0.29, 0.717) is 17.5 Å². The molecule has 4 rings (SSSR count). The zero-order valence-electron chi connectivity index (χ0n) is 14.1. The van der Waals surface area contributed by atoms with Crippen LogP contribution < -0.4 is 15.1 Å². The van der Waals surface area contributed by atoms with E-state index in [1.165, 1.54) is 18.3 Å². The molecule has 0 saturated carbocycles. The van der Waals surface area contributed by atoms with Gasteiger partial charge in [-0.25, -0.2) is 9.37 Å². The van der Waals surface area contributed by atoms with Crippen molar-refractivity contribution in [2.75, 3.05) is 41.3 Å². The average Bonchev–Trinajstić information content (AvgIpc) is 2.69. The van der Waals surface area contributed by atoms with Crippen LogP contribution in [0.2, 0.25) is 0 Å². The van der Waals surface area contributed by atoms with Crippen LogP contribution in [0.25, 0.3) is 0 Å². The van der Waals surface area contributed by atoms with Crippen LogP contribution in [0.1, 0.15) is 0 Å². The summed E-state index contributed by atoms with van der Waals surface area (Å²) < 4.78 is 13.3. The van der Waals surface area contributed by atoms with Gasteiger partial charge < -0.3 is 15.1 Å². The van der Waals surface area contributed by atoms with Gasteiger partial charge in [0.2, 0.25) is 5.95 Å². The third kappa shape index (κ3) is 3.69. The van der Waals surface area contributed by atoms with Crippen molar-refractivity contribution in [2.24, 2.45) is 0 Å². The van der Waals surface area contributed by atoms with E-state index in [2.05, 4.69) is 35.3 Å². The number of piperazine rings is 1. The van der Waals surface area contributed by atoms with E-state index in [1.54, 1.807) is 18.3 Å². The molecule has 1 saturated heterocycles. The minimum absolute atomic E-state index is 0.303. The zero-order chi connectivity index (χ0) is 17.8. The predicted molar refractivity (Wildman–Crippen MR) is 98.2 cm³/mol. The Hall–Kier alpha value is -3.29. The highest BCUT2D eigenvalue weighted by molar-refractivity contribution is 5.56. The van der Waals surface area contributed by atoms with Gasteiger partial charge in [-0.1, -0.05) is 12.1 Å². The molecule has 7 nitrogen and oxygen atoms in total. The van der Waals surface area contributed by atoms with Crippen molar-refractivity contribution in [3.05, 3.63) is 60.7 Å². The third-order valence-electron chi connectivity index (χ3n) is 4.18. The molecule has 1 aromatic carbocycles. The minimum atomic E-state index is -0.303. The fraction of sp³-hybridized carbons (Fsp3) is 0.222. The van der Waals surface area contributed by atoms with E-state index in [4.69, 9.17) is 0 Å². The summed E-state index contributed by atoms with van der Waals surface area (Å²) in [5.74, 6) is 1.77. The summed E-state index contributed by atoms with van der Waals surface area (Å²) in [6.07, 6.45) is 3.33. The van der Waals surface area contributed by atoms with Gasteiger partial charge in [0.15, 0.2) is 5.82 Å². The maximum atomic E-state index is 13.3. The number of pyridine rings is 1. The number of benzene rings is 1. The lowest BCUT2D eigenvalue weighted by Crippen LogP contribution is -2.47. The van der Waals surface area contributed by atoms with Crippen LogP contribution in [0, 0.1) is 5.82 Å². The van der Waals surface area contributed by atoms with Gasteiger partial charge in [-0.2, -0.15) is 10.1 Å². The molecule has 0 unspecified atom stereocenters. The van der Waals surface area contributed by atoms with Crippen molar-refractivity contribution in [1.82, 2.24) is 20.2 Å². The normalized spacial score (nSPS) is 14.3. The summed E-state index contributed by atoms with van der Waals surface area (Å²) >= 11 is 0. The number of hydrogen-bond acceptors (Lipinski definition) is 7. The van der Waals surface area contributed by atoms with Crippen LogP contribution in [0.4, 0.5) is 27.7 Å². The van der Waals surface area contributed by atoms with Gasteiger partial charge >= 0.3 is 0 Å². The minimum Gasteiger partial charge on any atom is -0.353 e. The van der Waals surface area contributed by atoms with Gasteiger partial charge in [0.25, 0.3) is 0 Å². The van der Waals surface area contributed by atoms with E-state index in [9.17, 15) is 4.39 Å². The fourth-order valence-electron chi connectivity index (χ4n) is 2.88. The molecular weight excluding hydrogens is 333 g/mol. The number of aromatic nitrogens is 4. The highest BCUT2D eigenvalue weighted by Crippen LogP contribution is 2.19. The molecule has 0 radical (unpaired) electrons. The second-order valence-electron chi connectivity index (χ2n) is 5.94. The van der Waals surface area contributed by atoms with Crippen LogP contribution in [0.15, 0.2) is 54.9 Å². The zero-order valence-corrected chi connectivity index (χ0v) is 14.1. The van der Waals surface area contributed by atoms with Gasteiger partial charge in [-0.3, -0.25) is 0 Å². The molecule has 0 spiro atoms. The predicted octanol–water partition coefficient (Wildman–Crippen LogP) is 2.48. The summed E-state index contributed by atoms with van der Waals surface area (Å²) in [4.78, 5) is 13.2. The molecule has 0 amide bonds. The van der Waals surface area contributed by atoms with Crippen LogP contribution >= 0.6 is 0 Å². The summed E-state index contributed by atoms with van der Waals surface area (Å²) in [6, 6.07) is 12.1. The molecule has 1 aliphatic heterocycles. The summed E-state index contributed by atoms with van der Waals surface area (Å²) in [5.41, 5.74) is 0.622. The van der Waals surface area contributed by atoms with Crippen LogP contribution in [-0.2, 0) is 0 Å².